The SMILES string of the molecule is O=C(NCc1cccc2c1OCO2)c1ccc(S(=O)(=O)N2CCOCC2)cc1. The molecule has 2 aliphatic heterocycles. The van der Waals surface area contributed by atoms with Gasteiger partial charge in [-0.2, -0.15) is 4.31 Å². The van der Waals surface area contributed by atoms with Crippen molar-refractivity contribution in [3.63, 3.8) is 0 Å². The number of para-hydroxylation sites is 1. The Hall–Kier alpha value is -2.62. The highest BCUT2D eigenvalue weighted by Crippen LogP contribution is 2.35. The molecule has 2 aromatic rings. The van der Waals surface area contributed by atoms with Crippen molar-refractivity contribution in [2.24, 2.45) is 0 Å². The standard InChI is InChI=1S/C19H20N2O6S/c22-19(20-12-15-2-1-3-17-18(15)27-13-26-17)14-4-6-16(7-5-14)28(23,24)21-8-10-25-11-9-21/h1-7H,8-13H2,(H,20,22). The lowest BCUT2D eigenvalue weighted by Crippen LogP contribution is -2.40. The smallest absolute Gasteiger partial charge is 0.251 e. The average molecular weight is 404 g/mol. The predicted molar refractivity (Wildman–Crippen MR) is 99.8 cm³/mol. The number of sulfonamides is 1. The van der Waals surface area contributed by atoms with Gasteiger partial charge in [-0.25, -0.2) is 8.42 Å². The molecule has 0 atom stereocenters. The number of carbonyl (C=O) groups excluding carboxylic acids is 1. The van der Waals surface area contributed by atoms with Gasteiger partial charge in [-0.15, -0.1) is 0 Å². The number of hydrogen-bond donors (Lipinski definition) is 1. The van der Waals surface area contributed by atoms with E-state index in [4.69, 9.17) is 14.2 Å². The molecule has 28 heavy (non-hydrogen) atoms. The van der Waals surface area contributed by atoms with E-state index in [-0.39, 0.29) is 24.1 Å². The Bertz CT molecular complexity index is 968. The van der Waals surface area contributed by atoms with Crippen LogP contribution in [0.4, 0.5) is 0 Å². The molecule has 9 heteroatoms. The third-order valence-electron chi connectivity index (χ3n) is 4.64. The van der Waals surface area contributed by atoms with Crippen LogP contribution in [0.1, 0.15) is 15.9 Å². The van der Waals surface area contributed by atoms with E-state index in [0.29, 0.717) is 43.4 Å². The summed E-state index contributed by atoms with van der Waals surface area (Å²) in [6.07, 6.45) is 0. The summed E-state index contributed by atoms with van der Waals surface area (Å²) in [4.78, 5) is 12.6. The lowest BCUT2D eigenvalue weighted by molar-refractivity contribution is 0.0730. The maximum absolute atomic E-state index is 12.6. The molecular weight excluding hydrogens is 384 g/mol. The monoisotopic (exact) mass is 404 g/mol. The summed E-state index contributed by atoms with van der Waals surface area (Å²) in [5.74, 6) is 0.992. The number of fused-ring (bicyclic) bond motifs is 1. The van der Waals surface area contributed by atoms with E-state index in [1.54, 1.807) is 6.07 Å². The van der Waals surface area contributed by atoms with Crippen LogP contribution < -0.4 is 14.8 Å². The zero-order valence-corrected chi connectivity index (χ0v) is 15.9. The van der Waals surface area contributed by atoms with Crippen LogP contribution in [0, 0.1) is 0 Å². The van der Waals surface area contributed by atoms with Crippen LogP contribution in [0.3, 0.4) is 0 Å². The molecule has 0 spiro atoms. The van der Waals surface area contributed by atoms with Crippen LogP contribution in [-0.4, -0.2) is 51.7 Å². The second-order valence-electron chi connectivity index (χ2n) is 6.37. The second-order valence-corrected chi connectivity index (χ2v) is 8.31. The van der Waals surface area contributed by atoms with Gasteiger partial charge >= 0.3 is 0 Å². The molecule has 1 N–H and O–H groups in total. The largest absolute Gasteiger partial charge is 0.454 e. The van der Waals surface area contributed by atoms with Crippen molar-refractivity contribution in [1.82, 2.24) is 9.62 Å². The van der Waals surface area contributed by atoms with Gasteiger partial charge in [-0.1, -0.05) is 12.1 Å². The number of benzene rings is 2. The van der Waals surface area contributed by atoms with Crippen molar-refractivity contribution >= 4 is 15.9 Å². The van der Waals surface area contributed by atoms with Crippen LogP contribution in [0.2, 0.25) is 0 Å². The van der Waals surface area contributed by atoms with Gasteiger partial charge in [0.1, 0.15) is 0 Å². The van der Waals surface area contributed by atoms with E-state index in [9.17, 15) is 13.2 Å². The Kier molecular flexibility index (Phi) is 5.21. The zero-order valence-electron chi connectivity index (χ0n) is 15.1. The van der Waals surface area contributed by atoms with E-state index in [1.165, 1.54) is 28.6 Å². The number of ether oxygens (including phenoxy) is 3. The first kappa shape index (κ1) is 18.7. The summed E-state index contributed by atoms with van der Waals surface area (Å²) in [5, 5.41) is 2.82. The topological polar surface area (TPSA) is 94.2 Å². The second kappa shape index (κ2) is 7.78. The van der Waals surface area contributed by atoms with Crippen LogP contribution in [-0.2, 0) is 21.3 Å². The average Bonchev–Trinajstić information content (AvgIpc) is 3.22. The zero-order chi connectivity index (χ0) is 19.6. The summed E-state index contributed by atoms with van der Waals surface area (Å²) < 4.78 is 42.6. The molecular formula is C19H20N2O6S. The molecule has 1 amide bonds. The maximum atomic E-state index is 12.6. The lowest BCUT2D eigenvalue weighted by atomic mass is 10.1. The van der Waals surface area contributed by atoms with Crippen LogP contribution in [0.25, 0.3) is 0 Å². The van der Waals surface area contributed by atoms with Crippen molar-refractivity contribution in [3.05, 3.63) is 53.6 Å². The van der Waals surface area contributed by atoms with Gasteiger partial charge in [0.25, 0.3) is 5.91 Å². The summed E-state index contributed by atoms with van der Waals surface area (Å²) in [6, 6.07) is 11.4. The fraction of sp³-hybridized carbons (Fsp3) is 0.316. The van der Waals surface area contributed by atoms with Crippen molar-refractivity contribution in [1.29, 1.82) is 0 Å². The van der Waals surface area contributed by atoms with Gasteiger partial charge < -0.3 is 19.5 Å². The van der Waals surface area contributed by atoms with Gasteiger partial charge in [-0.05, 0) is 30.3 Å². The van der Waals surface area contributed by atoms with Crippen molar-refractivity contribution in [3.8, 4) is 11.5 Å². The number of amides is 1. The van der Waals surface area contributed by atoms with E-state index in [0.717, 1.165) is 5.56 Å². The van der Waals surface area contributed by atoms with Gasteiger partial charge in [0, 0.05) is 30.8 Å². The number of hydrogen-bond acceptors (Lipinski definition) is 6. The highest BCUT2D eigenvalue weighted by atomic mass is 32.2. The number of rotatable bonds is 5. The first-order valence-corrected chi connectivity index (χ1v) is 10.3. The van der Waals surface area contributed by atoms with E-state index in [1.807, 2.05) is 12.1 Å². The molecule has 0 radical (unpaired) electrons. The summed E-state index contributed by atoms with van der Waals surface area (Å²) in [6.45, 7) is 1.88. The molecule has 0 unspecified atom stereocenters. The Morgan fingerprint density at radius 2 is 1.79 bits per heavy atom. The first-order chi connectivity index (χ1) is 13.6. The highest BCUT2D eigenvalue weighted by Gasteiger charge is 2.26. The minimum Gasteiger partial charge on any atom is -0.454 e. The minimum absolute atomic E-state index is 0.164. The Morgan fingerprint density at radius 3 is 2.54 bits per heavy atom. The predicted octanol–water partition coefficient (Wildman–Crippen LogP) is 1.37. The molecule has 0 saturated carbocycles. The molecule has 2 aromatic carbocycles. The molecule has 1 saturated heterocycles. The molecule has 4 rings (SSSR count). The molecule has 148 valence electrons. The van der Waals surface area contributed by atoms with Crippen LogP contribution >= 0.6 is 0 Å². The van der Waals surface area contributed by atoms with Crippen molar-refractivity contribution in [2.75, 3.05) is 33.1 Å². The fourth-order valence-electron chi connectivity index (χ4n) is 3.12. The van der Waals surface area contributed by atoms with E-state index < -0.39 is 10.0 Å². The van der Waals surface area contributed by atoms with Gasteiger partial charge in [0.15, 0.2) is 11.5 Å². The summed E-state index contributed by atoms with van der Waals surface area (Å²) >= 11 is 0. The summed E-state index contributed by atoms with van der Waals surface area (Å²) in [5.41, 5.74) is 1.19. The number of nitrogens with one attached hydrogen (secondary N) is 1. The maximum Gasteiger partial charge on any atom is 0.251 e. The Balaban J connectivity index is 1.42. The number of carbonyl (C=O) groups is 1. The van der Waals surface area contributed by atoms with Gasteiger partial charge in [-0.3, -0.25) is 4.79 Å². The normalized spacial score (nSPS) is 16.7. The third kappa shape index (κ3) is 3.68. The highest BCUT2D eigenvalue weighted by molar-refractivity contribution is 7.89. The van der Waals surface area contributed by atoms with Gasteiger partial charge in [0.05, 0.1) is 18.1 Å². The molecule has 8 nitrogen and oxygen atoms in total. The first-order valence-electron chi connectivity index (χ1n) is 8.89. The van der Waals surface area contributed by atoms with Crippen molar-refractivity contribution in [2.45, 2.75) is 11.4 Å². The van der Waals surface area contributed by atoms with Crippen molar-refractivity contribution < 1.29 is 27.4 Å². The molecule has 0 aliphatic carbocycles. The molecule has 0 aromatic heterocycles. The summed E-state index contributed by atoms with van der Waals surface area (Å²) in [7, 11) is -3.58. The Morgan fingerprint density at radius 1 is 1.04 bits per heavy atom. The van der Waals surface area contributed by atoms with Crippen LogP contribution in [0.15, 0.2) is 47.4 Å². The fourth-order valence-corrected chi connectivity index (χ4v) is 4.53. The number of morpholine rings is 1. The molecule has 0 bridgehead atoms. The molecule has 2 heterocycles. The van der Waals surface area contributed by atoms with Crippen LogP contribution in [0.5, 0.6) is 11.5 Å². The van der Waals surface area contributed by atoms with Gasteiger partial charge in [0.2, 0.25) is 16.8 Å². The van der Waals surface area contributed by atoms with E-state index >= 15 is 0 Å². The minimum atomic E-state index is -3.58. The quantitative estimate of drug-likeness (QED) is 0.809. The van der Waals surface area contributed by atoms with E-state index in [2.05, 4.69) is 5.32 Å². The Labute approximate surface area is 163 Å². The molecule has 1 fully saturated rings. The number of nitrogens with zero attached hydrogens (tertiary/aromatic N) is 1. The lowest BCUT2D eigenvalue weighted by Gasteiger charge is -2.26. The third-order valence-corrected chi connectivity index (χ3v) is 6.55. The molecule has 2 aliphatic rings.